The minimum Gasteiger partial charge on any atom is -0.408 e. The van der Waals surface area contributed by atoms with Crippen molar-refractivity contribution in [2.75, 3.05) is 6.54 Å². The Hall–Kier alpha value is -2.42. The van der Waals surface area contributed by atoms with Gasteiger partial charge in [0.15, 0.2) is 5.58 Å². The quantitative estimate of drug-likeness (QED) is 0.716. The first kappa shape index (κ1) is 17.0. The molecule has 0 amide bonds. The molecule has 0 aliphatic heterocycles. The van der Waals surface area contributed by atoms with Crippen LogP contribution in [0.1, 0.15) is 17.5 Å². The lowest BCUT2D eigenvalue weighted by atomic mass is 9.96. The molecule has 1 atom stereocenters. The van der Waals surface area contributed by atoms with Crippen molar-refractivity contribution < 1.29 is 17.9 Å². The number of oxazole rings is 1. The van der Waals surface area contributed by atoms with Crippen molar-refractivity contribution >= 4 is 21.1 Å². The molecule has 1 aliphatic rings. The lowest BCUT2D eigenvalue weighted by Crippen LogP contribution is -2.39. The van der Waals surface area contributed by atoms with Gasteiger partial charge in [-0.1, -0.05) is 24.3 Å². The summed E-state index contributed by atoms with van der Waals surface area (Å²) in [5.74, 6) is -0.556. The van der Waals surface area contributed by atoms with Crippen molar-refractivity contribution in [3.63, 3.8) is 0 Å². The van der Waals surface area contributed by atoms with Crippen LogP contribution in [0.15, 0.2) is 56.6 Å². The molecule has 1 aromatic heterocycles. The average Bonchev–Trinajstić information content (AvgIpc) is 3.12. The maximum Gasteiger partial charge on any atom is 0.419 e. The van der Waals surface area contributed by atoms with E-state index >= 15 is 0 Å². The van der Waals surface area contributed by atoms with E-state index in [1.165, 1.54) is 29.8 Å². The fraction of sp³-hybridized carbons (Fsp3) is 0.278. The minimum atomic E-state index is -3.85. The first-order valence-electron chi connectivity index (χ1n) is 8.20. The zero-order chi connectivity index (χ0) is 18.5. The van der Waals surface area contributed by atoms with Gasteiger partial charge in [0, 0.05) is 13.6 Å². The van der Waals surface area contributed by atoms with E-state index in [0.29, 0.717) is 23.9 Å². The summed E-state index contributed by atoms with van der Waals surface area (Å²) in [4.78, 5) is 11.6. The number of sulfonamides is 1. The van der Waals surface area contributed by atoms with Crippen LogP contribution in [0.4, 0.5) is 0 Å². The first-order valence-corrected chi connectivity index (χ1v) is 9.68. The van der Waals surface area contributed by atoms with Gasteiger partial charge in [0.25, 0.3) is 0 Å². The van der Waals surface area contributed by atoms with Crippen molar-refractivity contribution in [1.82, 2.24) is 9.29 Å². The van der Waals surface area contributed by atoms with Gasteiger partial charge in [0.05, 0.1) is 10.4 Å². The van der Waals surface area contributed by atoms with Gasteiger partial charge >= 0.3 is 5.76 Å². The maximum atomic E-state index is 12.7. The molecular formula is C18H18N2O5S. The summed E-state index contributed by atoms with van der Waals surface area (Å²) in [6.07, 6.45) is 1.17. The van der Waals surface area contributed by atoms with Crippen molar-refractivity contribution in [3.8, 4) is 0 Å². The first-order chi connectivity index (χ1) is 12.3. The summed E-state index contributed by atoms with van der Waals surface area (Å²) < 4.78 is 34.1. The number of aromatic nitrogens is 1. The fourth-order valence-electron chi connectivity index (χ4n) is 3.42. The summed E-state index contributed by atoms with van der Waals surface area (Å²) in [6.45, 7) is -0.116. The van der Waals surface area contributed by atoms with E-state index in [9.17, 15) is 18.3 Å². The second-order valence-electron chi connectivity index (χ2n) is 6.57. The normalized spacial score (nSPS) is 19.8. The highest BCUT2D eigenvalue weighted by Crippen LogP contribution is 2.36. The van der Waals surface area contributed by atoms with E-state index in [-0.39, 0.29) is 11.4 Å². The molecule has 3 aromatic rings. The lowest BCUT2D eigenvalue weighted by molar-refractivity contribution is 0.0442. The number of nitrogens with zero attached hydrogens (tertiary/aromatic N) is 1. The number of rotatable bonds is 4. The summed E-state index contributed by atoms with van der Waals surface area (Å²) in [6, 6.07) is 11.7. The van der Waals surface area contributed by atoms with Crippen molar-refractivity contribution in [2.24, 2.45) is 7.05 Å². The third-order valence-corrected chi connectivity index (χ3v) is 6.35. The van der Waals surface area contributed by atoms with Crippen LogP contribution >= 0.6 is 0 Å². The van der Waals surface area contributed by atoms with Crippen LogP contribution in [0.5, 0.6) is 0 Å². The molecule has 2 aromatic carbocycles. The topological polar surface area (TPSA) is 102 Å². The monoisotopic (exact) mass is 374 g/mol. The van der Waals surface area contributed by atoms with E-state index in [1.807, 2.05) is 24.3 Å². The van der Waals surface area contributed by atoms with Gasteiger partial charge in [-0.15, -0.1) is 0 Å². The third-order valence-electron chi connectivity index (χ3n) is 4.95. The predicted molar refractivity (Wildman–Crippen MR) is 95.3 cm³/mol. The van der Waals surface area contributed by atoms with Crippen LogP contribution in [-0.4, -0.2) is 24.6 Å². The summed E-state index contributed by atoms with van der Waals surface area (Å²) >= 11 is 0. The molecule has 2 N–H and O–H groups in total. The van der Waals surface area contributed by atoms with Crippen LogP contribution < -0.4 is 10.5 Å². The molecule has 0 spiro atoms. The lowest BCUT2D eigenvalue weighted by Gasteiger charge is -2.24. The molecular weight excluding hydrogens is 356 g/mol. The van der Waals surface area contributed by atoms with Crippen LogP contribution in [0, 0.1) is 0 Å². The van der Waals surface area contributed by atoms with Crippen molar-refractivity contribution in [1.29, 1.82) is 0 Å². The molecule has 0 saturated heterocycles. The molecule has 1 aliphatic carbocycles. The van der Waals surface area contributed by atoms with Crippen molar-refractivity contribution in [2.45, 2.75) is 23.3 Å². The van der Waals surface area contributed by atoms with Crippen LogP contribution in [-0.2, 0) is 29.1 Å². The Morgan fingerprint density at radius 3 is 2.85 bits per heavy atom. The summed E-state index contributed by atoms with van der Waals surface area (Å²) in [7, 11) is -2.34. The maximum absolute atomic E-state index is 12.7. The highest BCUT2D eigenvalue weighted by atomic mass is 32.2. The van der Waals surface area contributed by atoms with Crippen molar-refractivity contribution in [3.05, 3.63) is 64.1 Å². The number of benzene rings is 2. The number of aliphatic hydroxyl groups is 1. The molecule has 0 unspecified atom stereocenters. The number of hydrogen-bond acceptors (Lipinski definition) is 5. The molecule has 136 valence electrons. The Labute approximate surface area is 149 Å². The fourth-order valence-corrected chi connectivity index (χ4v) is 4.53. The van der Waals surface area contributed by atoms with Gasteiger partial charge < -0.3 is 9.52 Å². The molecule has 0 saturated carbocycles. The molecule has 0 bridgehead atoms. The predicted octanol–water partition coefficient (Wildman–Crippen LogP) is 1.24. The van der Waals surface area contributed by atoms with Gasteiger partial charge in [-0.05, 0) is 42.2 Å². The number of hydrogen-bond donors (Lipinski definition) is 2. The Kier molecular flexibility index (Phi) is 3.80. The summed E-state index contributed by atoms with van der Waals surface area (Å²) in [5, 5.41) is 10.9. The highest BCUT2D eigenvalue weighted by molar-refractivity contribution is 7.89. The molecule has 0 fully saturated rings. The van der Waals surface area contributed by atoms with Crippen LogP contribution in [0.2, 0.25) is 0 Å². The molecule has 7 nitrogen and oxygen atoms in total. The zero-order valence-corrected chi connectivity index (χ0v) is 14.9. The molecule has 4 rings (SSSR count). The zero-order valence-electron chi connectivity index (χ0n) is 14.1. The Morgan fingerprint density at radius 2 is 2.04 bits per heavy atom. The van der Waals surface area contributed by atoms with Gasteiger partial charge in [-0.2, -0.15) is 0 Å². The van der Waals surface area contributed by atoms with E-state index in [1.54, 1.807) is 0 Å². The molecule has 1 heterocycles. The van der Waals surface area contributed by atoms with Gasteiger partial charge in [-0.3, -0.25) is 4.57 Å². The Morgan fingerprint density at radius 1 is 1.27 bits per heavy atom. The third kappa shape index (κ3) is 2.66. The van der Waals surface area contributed by atoms with E-state index in [2.05, 4.69) is 4.72 Å². The molecule has 0 radical (unpaired) electrons. The van der Waals surface area contributed by atoms with Gasteiger partial charge in [0.2, 0.25) is 10.0 Å². The average molecular weight is 374 g/mol. The van der Waals surface area contributed by atoms with Gasteiger partial charge in [-0.25, -0.2) is 17.9 Å². The van der Waals surface area contributed by atoms with Gasteiger partial charge in [0.1, 0.15) is 5.60 Å². The Bertz CT molecular complexity index is 1160. The van der Waals surface area contributed by atoms with Crippen LogP contribution in [0.3, 0.4) is 0 Å². The van der Waals surface area contributed by atoms with E-state index in [0.717, 1.165) is 11.1 Å². The SMILES string of the molecule is Cn1c(=O)oc2ccc(S(=O)(=O)NC[C@@]3(O)CCc4ccccc43)cc21. The Balaban J connectivity index is 1.62. The number of nitrogens with one attached hydrogen (secondary N) is 1. The molecule has 26 heavy (non-hydrogen) atoms. The highest BCUT2D eigenvalue weighted by Gasteiger charge is 2.37. The molecule has 8 heteroatoms. The van der Waals surface area contributed by atoms with E-state index < -0.39 is 21.4 Å². The second kappa shape index (κ2) is 5.80. The minimum absolute atomic E-state index is 0.0104. The number of fused-ring (bicyclic) bond motifs is 2. The smallest absolute Gasteiger partial charge is 0.408 e. The van der Waals surface area contributed by atoms with Crippen LogP contribution in [0.25, 0.3) is 11.1 Å². The summed E-state index contributed by atoms with van der Waals surface area (Å²) in [5.41, 5.74) is 1.28. The largest absolute Gasteiger partial charge is 0.419 e. The van der Waals surface area contributed by atoms with E-state index in [4.69, 9.17) is 4.42 Å². The second-order valence-corrected chi connectivity index (χ2v) is 8.34. The standard InChI is InChI=1S/C18H18N2O5S/c1-20-15-10-13(6-7-16(15)25-17(20)21)26(23,24)19-11-18(22)9-8-12-4-2-3-5-14(12)18/h2-7,10,19,22H,8-9,11H2,1H3/t18-/m0/s1. The number of aryl methyl sites for hydroxylation is 2.